The molecule has 1 aromatic carbocycles. The summed E-state index contributed by atoms with van der Waals surface area (Å²) in [6.45, 7) is 0. The molecule has 1 aromatic heterocycles. The molecular weight excluding hydrogens is 188 g/mol. The molecule has 4 heteroatoms. The van der Waals surface area contributed by atoms with Crippen LogP contribution in [0.5, 0.6) is 0 Å². The van der Waals surface area contributed by atoms with E-state index < -0.39 is 0 Å². The lowest BCUT2D eigenvalue weighted by atomic mass is 10.1. The van der Waals surface area contributed by atoms with Crippen molar-refractivity contribution in [1.82, 2.24) is 9.78 Å². The van der Waals surface area contributed by atoms with Gasteiger partial charge >= 0.3 is 0 Å². The summed E-state index contributed by atoms with van der Waals surface area (Å²) in [4.78, 5) is 0. The Kier molecular flexibility index (Phi) is 2.33. The van der Waals surface area contributed by atoms with Crippen molar-refractivity contribution >= 4 is 5.71 Å². The molecule has 1 N–H and O–H groups in total. The van der Waals surface area contributed by atoms with Crippen LogP contribution in [-0.4, -0.2) is 15.5 Å². The van der Waals surface area contributed by atoms with Crippen molar-refractivity contribution in [3.8, 4) is 0 Å². The quantitative estimate of drug-likeness (QED) is 0.563. The maximum absolute atomic E-state index is 8.09. The first-order chi connectivity index (χ1) is 7.20. The molecule has 0 aliphatic rings. The number of rotatable bonds is 2. The standard InChI is InChI=1S/C11H13N4/c1-14-8-13-15(2)11(14)10(12)9-6-4-3-5-7-9/h3-8,12H,1-2H3/q+1. The molecule has 0 saturated carbocycles. The number of benzene rings is 1. The average molecular weight is 201 g/mol. The molecule has 0 radical (unpaired) electrons. The van der Waals surface area contributed by atoms with E-state index in [1.807, 2.05) is 49.0 Å². The van der Waals surface area contributed by atoms with Gasteiger partial charge in [0.2, 0.25) is 0 Å². The minimum absolute atomic E-state index is 0.484. The zero-order valence-corrected chi connectivity index (χ0v) is 8.81. The number of nitrogens with one attached hydrogen (secondary N) is 1. The third kappa shape index (κ3) is 1.66. The second-order valence-corrected chi connectivity index (χ2v) is 3.43. The number of aromatic nitrogens is 3. The summed E-state index contributed by atoms with van der Waals surface area (Å²) in [7, 11) is 3.73. The molecule has 0 spiro atoms. The number of hydrogen-bond donors (Lipinski definition) is 1. The molecular formula is C11H13N4+. The molecule has 15 heavy (non-hydrogen) atoms. The summed E-state index contributed by atoms with van der Waals surface area (Å²) in [6.07, 6.45) is 1.70. The fraction of sp³-hybridized carbons (Fsp3) is 0.182. The highest BCUT2D eigenvalue weighted by Crippen LogP contribution is 2.04. The first-order valence-corrected chi connectivity index (χ1v) is 4.72. The van der Waals surface area contributed by atoms with Gasteiger partial charge in [-0.25, -0.2) is 4.57 Å². The summed E-state index contributed by atoms with van der Waals surface area (Å²) in [5.74, 6) is 0.793. The summed E-state index contributed by atoms with van der Waals surface area (Å²) in [5, 5.41) is 12.2. The van der Waals surface area contributed by atoms with Crippen LogP contribution in [0.2, 0.25) is 0 Å². The topological polar surface area (TPSA) is 45.5 Å². The Morgan fingerprint density at radius 1 is 1.33 bits per heavy atom. The number of nitrogens with zero attached hydrogens (tertiary/aromatic N) is 3. The van der Waals surface area contributed by atoms with Gasteiger partial charge in [0.05, 0.1) is 14.1 Å². The Hall–Kier alpha value is -1.97. The number of hydrogen-bond acceptors (Lipinski definition) is 2. The molecule has 0 atom stereocenters. The Bertz CT molecular complexity index is 465. The molecule has 0 bridgehead atoms. The lowest BCUT2D eigenvalue weighted by Crippen LogP contribution is -2.35. The fourth-order valence-corrected chi connectivity index (χ4v) is 1.56. The van der Waals surface area contributed by atoms with Crippen LogP contribution in [0.4, 0.5) is 0 Å². The smallest absolute Gasteiger partial charge is 0.285 e. The van der Waals surface area contributed by atoms with Crippen molar-refractivity contribution in [2.75, 3.05) is 0 Å². The van der Waals surface area contributed by atoms with Crippen LogP contribution in [0.1, 0.15) is 11.4 Å². The van der Waals surface area contributed by atoms with E-state index in [-0.39, 0.29) is 0 Å². The minimum Gasteiger partial charge on any atom is -0.294 e. The predicted molar refractivity (Wildman–Crippen MR) is 56.8 cm³/mol. The molecule has 1 heterocycles. The van der Waals surface area contributed by atoms with E-state index in [4.69, 9.17) is 5.41 Å². The molecule has 2 rings (SSSR count). The maximum atomic E-state index is 8.09. The van der Waals surface area contributed by atoms with Crippen LogP contribution in [0, 0.1) is 5.41 Å². The van der Waals surface area contributed by atoms with E-state index in [9.17, 15) is 0 Å². The summed E-state index contributed by atoms with van der Waals surface area (Å²) < 4.78 is 3.55. The fourth-order valence-electron chi connectivity index (χ4n) is 1.56. The molecule has 0 aliphatic carbocycles. The van der Waals surface area contributed by atoms with E-state index in [2.05, 4.69) is 5.10 Å². The van der Waals surface area contributed by atoms with Crippen molar-refractivity contribution < 1.29 is 4.57 Å². The lowest BCUT2D eigenvalue weighted by molar-refractivity contribution is -0.673. The van der Waals surface area contributed by atoms with Gasteiger partial charge in [-0.2, -0.15) is 0 Å². The van der Waals surface area contributed by atoms with Gasteiger partial charge in [-0.3, -0.25) is 5.41 Å². The third-order valence-corrected chi connectivity index (χ3v) is 2.32. The van der Waals surface area contributed by atoms with Gasteiger partial charge in [-0.1, -0.05) is 30.3 Å². The average Bonchev–Trinajstić information content (AvgIpc) is 2.59. The zero-order valence-electron chi connectivity index (χ0n) is 8.81. The van der Waals surface area contributed by atoms with E-state index in [1.54, 1.807) is 11.0 Å². The van der Waals surface area contributed by atoms with Gasteiger partial charge in [0.1, 0.15) is 5.71 Å². The van der Waals surface area contributed by atoms with Crippen LogP contribution in [-0.2, 0) is 14.1 Å². The van der Waals surface area contributed by atoms with Crippen molar-refractivity contribution in [3.05, 3.63) is 48.0 Å². The third-order valence-electron chi connectivity index (χ3n) is 2.32. The van der Waals surface area contributed by atoms with Crippen LogP contribution < -0.4 is 4.57 Å². The second-order valence-electron chi connectivity index (χ2n) is 3.43. The van der Waals surface area contributed by atoms with E-state index in [0.29, 0.717) is 5.71 Å². The van der Waals surface area contributed by atoms with Crippen LogP contribution in [0.3, 0.4) is 0 Å². The number of aryl methyl sites for hydroxylation is 2. The maximum Gasteiger partial charge on any atom is 0.285 e. The summed E-state index contributed by atoms with van der Waals surface area (Å²) in [6, 6.07) is 9.66. The van der Waals surface area contributed by atoms with Gasteiger partial charge in [0.25, 0.3) is 12.2 Å². The van der Waals surface area contributed by atoms with Crippen molar-refractivity contribution in [1.29, 1.82) is 5.41 Å². The lowest BCUT2D eigenvalue weighted by Gasteiger charge is -2.00. The monoisotopic (exact) mass is 201 g/mol. The normalized spacial score (nSPS) is 10.3. The Balaban J connectivity index is 2.46. The van der Waals surface area contributed by atoms with Crippen molar-refractivity contribution in [2.45, 2.75) is 0 Å². The first-order valence-electron chi connectivity index (χ1n) is 4.72. The molecule has 0 saturated heterocycles. The second kappa shape index (κ2) is 3.65. The van der Waals surface area contributed by atoms with E-state index in [0.717, 1.165) is 11.4 Å². The highest BCUT2D eigenvalue weighted by molar-refractivity contribution is 6.07. The zero-order chi connectivity index (χ0) is 10.8. The molecule has 0 fully saturated rings. The molecule has 4 nitrogen and oxygen atoms in total. The predicted octanol–water partition coefficient (Wildman–Crippen LogP) is 0.661. The Labute approximate surface area is 88.3 Å². The summed E-state index contributed by atoms with van der Waals surface area (Å²) >= 11 is 0. The molecule has 0 unspecified atom stereocenters. The molecule has 0 aliphatic heterocycles. The Morgan fingerprint density at radius 2 is 2.00 bits per heavy atom. The largest absolute Gasteiger partial charge is 0.294 e. The Morgan fingerprint density at radius 3 is 2.53 bits per heavy atom. The SMILES string of the molecule is Cn1nc[n+](C)c1C(=N)c1ccccc1. The van der Waals surface area contributed by atoms with Crippen molar-refractivity contribution in [3.63, 3.8) is 0 Å². The molecule has 76 valence electrons. The van der Waals surface area contributed by atoms with E-state index >= 15 is 0 Å². The van der Waals surface area contributed by atoms with Crippen molar-refractivity contribution in [2.24, 2.45) is 14.1 Å². The van der Waals surface area contributed by atoms with Crippen LogP contribution in [0.15, 0.2) is 36.7 Å². The van der Waals surface area contributed by atoms with Gasteiger partial charge in [-0.05, 0) is 0 Å². The van der Waals surface area contributed by atoms with E-state index in [1.165, 1.54) is 0 Å². The summed E-state index contributed by atoms with van der Waals surface area (Å²) in [5.41, 5.74) is 1.38. The van der Waals surface area contributed by atoms with Crippen LogP contribution in [0.25, 0.3) is 0 Å². The minimum atomic E-state index is 0.484. The van der Waals surface area contributed by atoms with Gasteiger partial charge < -0.3 is 0 Å². The van der Waals surface area contributed by atoms with Gasteiger partial charge in [0, 0.05) is 10.7 Å². The molecule has 2 aromatic rings. The molecule has 0 amide bonds. The highest BCUT2D eigenvalue weighted by Gasteiger charge is 2.18. The first kappa shape index (κ1) is 9.58. The van der Waals surface area contributed by atoms with Crippen LogP contribution >= 0.6 is 0 Å². The van der Waals surface area contributed by atoms with Gasteiger partial charge in [-0.15, -0.1) is 4.68 Å². The van der Waals surface area contributed by atoms with Gasteiger partial charge in [0.15, 0.2) is 0 Å². The highest BCUT2D eigenvalue weighted by atomic mass is 15.4.